The van der Waals surface area contributed by atoms with Crippen LogP contribution in [0.1, 0.15) is 32.3 Å². The lowest BCUT2D eigenvalue weighted by atomic mass is 10.1. The van der Waals surface area contributed by atoms with Crippen LogP contribution < -0.4 is 10.1 Å². The summed E-state index contributed by atoms with van der Waals surface area (Å²) < 4.78 is 28.4. The summed E-state index contributed by atoms with van der Waals surface area (Å²) in [6, 6.07) is 8.33. The predicted molar refractivity (Wildman–Crippen MR) is 80.7 cm³/mol. The SMILES string of the molecule is CC(C)Oc1cccc(CNC2CCS(=O)(=O)CC2)c1. The van der Waals surface area contributed by atoms with Gasteiger partial charge in [-0.25, -0.2) is 8.42 Å². The molecule has 0 bridgehead atoms. The second-order valence-electron chi connectivity index (χ2n) is 5.62. The second-order valence-corrected chi connectivity index (χ2v) is 7.92. The minimum Gasteiger partial charge on any atom is -0.491 e. The molecule has 0 atom stereocenters. The van der Waals surface area contributed by atoms with Gasteiger partial charge in [0, 0.05) is 12.6 Å². The van der Waals surface area contributed by atoms with Crippen LogP contribution in [-0.4, -0.2) is 32.1 Å². The van der Waals surface area contributed by atoms with Crippen molar-refractivity contribution in [3.63, 3.8) is 0 Å². The highest BCUT2D eigenvalue weighted by Gasteiger charge is 2.22. The van der Waals surface area contributed by atoms with Crippen LogP contribution in [0.15, 0.2) is 24.3 Å². The Morgan fingerprint density at radius 2 is 2.00 bits per heavy atom. The number of rotatable bonds is 5. The summed E-state index contributed by atoms with van der Waals surface area (Å²) in [6.07, 6.45) is 1.59. The van der Waals surface area contributed by atoms with Gasteiger partial charge in [-0.2, -0.15) is 0 Å². The Hall–Kier alpha value is -1.07. The van der Waals surface area contributed by atoms with E-state index in [9.17, 15) is 8.42 Å². The third-order valence-electron chi connectivity index (χ3n) is 3.42. The maximum absolute atomic E-state index is 11.4. The fraction of sp³-hybridized carbons (Fsp3) is 0.600. The van der Waals surface area contributed by atoms with Gasteiger partial charge in [-0.3, -0.25) is 0 Å². The minimum absolute atomic E-state index is 0.168. The molecule has 1 heterocycles. The van der Waals surface area contributed by atoms with Crippen molar-refractivity contribution in [3.05, 3.63) is 29.8 Å². The van der Waals surface area contributed by atoms with Crippen molar-refractivity contribution in [2.45, 2.75) is 45.4 Å². The third kappa shape index (κ3) is 4.80. The molecule has 0 radical (unpaired) electrons. The number of sulfone groups is 1. The summed E-state index contributed by atoms with van der Waals surface area (Å²) in [7, 11) is -2.78. The average Bonchev–Trinajstić information content (AvgIpc) is 2.37. The number of nitrogens with one attached hydrogen (secondary N) is 1. The topological polar surface area (TPSA) is 55.4 Å². The molecule has 0 aliphatic carbocycles. The first-order valence-electron chi connectivity index (χ1n) is 7.14. The zero-order valence-corrected chi connectivity index (χ0v) is 12.9. The van der Waals surface area contributed by atoms with Gasteiger partial charge in [0.05, 0.1) is 17.6 Å². The highest BCUT2D eigenvalue weighted by atomic mass is 32.2. The van der Waals surface area contributed by atoms with Crippen molar-refractivity contribution in [1.29, 1.82) is 0 Å². The molecule has 1 aromatic rings. The van der Waals surface area contributed by atoms with Gasteiger partial charge in [0.25, 0.3) is 0 Å². The van der Waals surface area contributed by atoms with Gasteiger partial charge in [-0.1, -0.05) is 12.1 Å². The largest absolute Gasteiger partial charge is 0.491 e. The van der Waals surface area contributed by atoms with Gasteiger partial charge in [-0.15, -0.1) is 0 Å². The highest BCUT2D eigenvalue weighted by Crippen LogP contribution is 2.16. The number of hydrogen-bond donors (Lipinski definition) is 1. The first-order chi connectivity index (χ1) is 9.44. The zero-order chi connectivity index (χ0) is 14.6. The second kappa shape index (κ2) is 6.59. The van der Waals surface area contributed by atoms with E-state index in [-0.39, 0.29) is 6.10 Å². The Kier molecular flexibility index (Phi) is 5.05. The molecule has 1 aromatic carbocycles. The summed E-state index contributed by atoms with van der Waals surface area (Å²) in [4.78, 5) is 0. The summed E-state index contributed by atoms with van der Waals surface area (Å²) in [5, 5.41) is 3.44. The Morgan fingerprint density at radius 1 is 1.30 bits per heavy atom. The van der Waals surface area contributed by atoms with Crippen LogP contribution in [0.4, 0.5) is 0 Å². The van der Waals surface area contributed by atoms with E-state index in [0.29, 0.717) is 30.4 Å². The molecule has 1 aliphatic heterocycles. The molecule has 1 N–H and O–H groups in total. The van der Waals surface area contributed by atoms with E-state index in [1.165, 1.54) is 0 Å². The van der Waals surface area contributed by atoms with Crippen molar-refractivity contribution in [3.8, 4) is 5.75 Å². The average molecular weight is 297 g/mol. The van der Waals surface area contributed by atoms with Crippen LogP contribution in [0.5, 0.6) is 5.75 Å². The van der Waals surface area contributed by atoms with Gasteiger partial charge in [0.2, 0.25) is 0 Å². The molecule has 0 unspecified atom stereocenters. The van der Waals surface area contributed by atoms with Crippen molar-refractivity contribution in [1.82, 2.24) is 5.32 Å². The van der Waals surface area contributed by atoms with Crippen molar-refractivity contribution in [2.24, 2.45) is 0 Å². The lowest BCUT2D eigenvalue weighted by Gasteiger charge is -2.23. The summed E-state index contributed by atoms with van der Waals surface area (Å²) in [5.74, 6) is 1.49. The monoisotopic (exact) mass is 297 g/mol. The van der Waals surface area contributed by atoms with Gasteiger partial charge >= 0.3 is 0 Å². The first kappa shape index (κ1) is 15.3. The number of hydrogen-bond acceptors (Lipinski definition) is 4. The van der Waals surface area contributed by atoms with Crippen LogP contribution in [0.25, 0.3) is 0 Å². The molecule has 5 heteroatoms. The Labute approximate surface area is 121 Å². The quantitative estimate of drug-likeness (QED) is 0.904. The molecule has 1 aliphatic rings. The van der Waals surface area contributed by atoms with Gasteiger partial charge < -0.3 is 10.1 Å². The Balaban J connectivity index is 1.85. The highest BCUT2D eigenvalue weighted by molar-refractivity contribution is 7.91. The van der Waals surface area contributed by atoms with Crippen LogP contribution in [0, 0.1) is 0 Å². The minimum atomic E-state index is -2.78. The van der Waals surface area contributed by atoms with Crippen molar-refractivity contribution in [2.75, 3.05) is 11.5 Å². The molecule has 0 spiro atoms. The number of ether oxygens (including phenoxy) is 1. The van der Waals surface area contributed by atoms with Crippen molar-refractivity contribution >= 4 is 9.84 Å². The summed E-state index contributed by atoms with van der Waals surface area (Å²) >= 11 is 0. The molecule has 0 saturated carbocycles. The molecule has 0 aromatic heterocycles. The van der Waals surface area contributed by atoms with Crippen LogP contribution in [0.3, 0.4) is 0 Å². The predicted octanol–water partition coefficient (Wildman–Crippen LogP) is 2.14. The maximum atomic E-state index is 11.4. The third-order valence-corrected chi connectivity index (χ3v) is 5.14. The standard InChI is InChI=1S/C15H23NO3S/c1-12(2)19-15-5-3-4-13(10-15)11-16-14-6-8-20(17,18)9-7-14/h3-5,10,12,14,16H,6-9,11H2,1-2H3. The Morgan fingerprint density at radius 3 is 2.65 bits per heavy atom. The molecule has 0 amide bonds. The van der Waals surface area contributed by atoms with E-state index in [0.717, 1.165) is 17.9 Å². The van der Waals surface area contributed by atoms with E-state index >= 15 is 0 Å². The van der Waals surface area contributed by atoms with Gasteiger partial charge in [-0.05, 0) is 44.4 Å². The molecule has 1 fully saturated rings. The zero-order valence-electron chi connectivity index (χ0n) is 12.1. The lowest BCUT2D eigenvalue weighted by Crippen LogP contribution is -2.37. The van der Waals surface area contributed by atoms with Gasteiger partial charge in [0.15, 0.2) is 0 Å². The molecule has 20 heavy (non-hydrogen) atoms. The van der Waals surface area contributed by atoms with Crippen molar-refractivity contribution < 1.29 is 13.2 Å². The van der Waals surface area contributed by atoms with E-state index in [4.69, 9.17) is 4.74 Å². The van der Waals surface area contributed by atoms with Crippen LogP contribution in [0.2, 0.25) is 0 Å². The normalized spacial score (nSPS) is 19.1. The molecule has 112 valence electrons. The van der Waals surface area contributed by atoms with E-state index < -0.39 is 9.84 Å². The van der Waals surface area contributed by atoms with E-state index in [1.807, 2.05) is 32.0 Å². The van der Waals surface area contributed by atoms with Gasteiger partial charge in [0.1, 0.15) is 15.6 Å². The Bertz CT molecular complexity index is 526. The lowest BCUT2D eigenvalue weighted by molar-refractivity contribution is 0.242. The fourth-order valence-corrected chi connectivity index (χ4v) is 3.85. The molecule has 1 saturated heterocycles. The molecular formula is C15H23NO3S. The summed E-state index contributed by atoms with van der Waals surface area (Å²) in [5.41, 5.74) is 1.16. The first-order valence-corrected chi connectivity index (χ1v) is 8.96. The van der Waals surface area contributed by atoms with E-state index in [2.05, 4.69) is 11.4 Å². The van der Waals surface area contributed by atoms with E-state index in [1.54, 1.807) is 0 Å². The summed E-state index contributed by atoms with van der Waals surface area (Å²) in [6.45, 7) is 4.76. The van der Waals surface area contributed by atoms with Crippen LogP contribution in [-0.2, 0) is 16.4 Å². The molecule has 4 nitrogen and oxygen atoms in total. The molecule has 2 rings (SSSR count). The molecular weight excluding hydrogens is 274 g/mol. The number of benzene rings is 1. The fourth-order valence-electron chi connectivity index (χ4n) is 2.36. The smallest absolute Gasteiger partial charge is 0.150 e. The van der Waals surface area contributed by atoms with Crippen LogP contribution >= 0.6 is 0 Å². The maximum Gasteiger partial charge on any atom is 0.150 e.